The Kier molecular flexibility index (Phi) is 7.11. The number of hydrogen-bond acceptors (Lipinski definition) is 8. The Bertz CT molecular complexity index is 1370. The first-order valence-corrected chi connectivity index (χ1v) is 13.9. The summed E-state index contributed by atoms with van der Waals surface area (Å²) in [5.41, 5.74) is 1.77. The molecular formula is C26H28F2N4O4S. The Morgan fingerprint density at radius 3 is 2.43 bits per heavy atom. The SMILES string of the molecule is Cc1c(Nc2ccc(S(C)(=O)=O)cc2F)ncnc1O[C@H]1C[C@H]2COC[C@@H](C1)N2Cc1ccc(F)cc1. The van der Waals surface area contributed by atoms with Crippen molar-refractivity contribution in [2.75, 3.05) is 24.8 Å². The number of aromatic nitrogens is 2. The highest BCUT2D eigenvalue weighted by Crippen LogP contribution is 2.33. The van der Waals surface area contributed by atoms with E-state index in [-0.39, 0.29) is 34.6 Å². The van der Waals surface area contributed by atoms with Gasteiger partial charge in [-0.05, 0) is 42.8 Å². The van der Waals surface area contributed by atoms with E-state index in [1.54, 1.807) is 6.92 Å². The molecule has 196 valence electrons. The lowest BCUT2D eigenvalue weighted by atomic mass is 9.91. The fourth-order valence-corrected chi connectivity index (χ4v) is 5.52. The summed E-state index contributed by atoms with van der Waals surface area (Å²) in [4.78, 5) is 10.8. The predicted molar refractivity (Wildman–Crippen MR) is 134 cm³/mol. The molecule has 3 aromatic rings. The number of anilines is 2. The molecule has 1 N–H and O–H groups in total. The van der Waals surface area contributed by atoms with E-state index in [1.807, 2.05) is 12.1 Å². The molecule has 2 bridgehead atoms. The van der Waals surface area contributed by atoms with Gasteiger partial charge in [-0.3, -0.25) is 4.90 Å². The highest BCUT2D eigenvalue weighted by molar-refractivity contribution is 7.90. The molecule has 0 spiro atoms. The number of hydrogen-bond donors (Lipinski definition) is 1. The van der Waals surface area contributed by atoms with E-state index in [2.05, 4.69) is 20.2 Å². The molecule has 0 amide bonds. The van der Waals surface area contributed by atoms with E-state index in [9.17, 15) is 17.2 Å². The Morgan fingerprint density at radius 1 is 1.08 bits per heavy atom. The van der Waals surface area contributed by atoms with Crippen LogP contribution in [0.3, 0.4) is 0 Å². The molecule has 8 nitrogen and oxygen atoms in total. The van der Waals surface area contributed by atoms with Crippen LogP contribution in [0.1, 0.15) is 24.0 Å². The smallest absolute Gasteiger partial charge is 0.221 e. The third-order valence-electron chi connectivity index (χ3n) is 6.84. The number of morpholine rings is 1. The van der Waals surface area contributed by atoms with Gasteiger partial charge in [0.25, 0.3) is 0 Å². The zero-order valence-electron chi connectivity index (χ0n) is 20.5. The van der Waals surface area contributed by atoms with Gasteiger partial charge in [-0.2, -0.15) is 0 Å². The van der Waals surface area contributed by atoms with Crippen molar-refractivity contribution in [3.05, 3.63) is 71.6 Å². The van der Waals surface area contributed by atoms with Crippen LogP contribution >= 0.6 is 0 Å². The van der Waals surface area contributed by atoms with Crippen LogP contribution in [0.5, 0.6) is 5.88 Å². The summed E-state index contributed by atoms with van der Waals surface area (Å²) in [6.07, 6.45) is 3.77. The molecule has 2 aliphatic heterocycles. The summed E-state index contributed by atoms with van der Waals surface area (Å²) >= 11 is 0. The summed E-state index contributed by atoms with van der Waals surface area (Å²) in [7, 11) is -3.52. The Labute approximate surface area is 214 Å². The first kappa shape index (κ1) is 25.5. The van der Waals surface area contributed by atoms with E-state index in [0.29, 0.717) is 30.5 Å². The van der Waals surface area contributed by atoms with Crippen molar-refractivity contribution < 1.29 is 26.7 Å². The van der Waals surface area contributed by atoms with Crippen molar-refractivity contribution in [2.45, 2.75) is 49.4 Å². The minimum absolute atomic E-state index is 0.0874. The van der Waals surface area contributed by atoms with E-state index >= 15 is 0 Å². The van der Waals surface area contributed by atoms with Gasteiger partial charge in [0.2, 0.25) is 5.88 Å². The van der Waals surface area contributed by atoms with Crippen LogP contribution in [0.4, 0.5) is 20.3 Å². The molecule has 0 aliphatic carbocycles. The first-order valence-electron chi connectivity index (χ1n) is 12.0. The summed E-state index contributed by atoms with van der Waals surface area (Å²) in [5, 5.41) is 2.92. The number of nitrogens with one attached hydrogen (secondary N) is 1. The monoisotopic (exact) mass is 530 g/mol. The third-order valence-corrected chi connectivity index (χ3v) is 7.95. The summed E-state index contributed by atoms with van der Waals surface area (Å²) in [6, 6.07) is 10.6. The van der Waals surface area contributed by atoms with Crippen molar-refractivity contribution in [3.8, 4) is 5.88 Å². The lowest BCUT2D eigenvalue weighted by Gasteiger charge is -2.48. The Balaban J connectivity index is 1.28. The molecule has 37 heavy (non-hydrogen) atoms. The number of fused-ring (bicyclic) bond motifs is 2. The van der Waals surface area contributed by atoms with E-state index in [0.717, 1.165) is 37.3 Å². The highest BCUT2D eigenvalue weighted by Gasteiger charge is 2.40. The van der Waals surface area contributed by atoms with Crippen LogP contribution in [0.25, 0.3) is 0 Å². The highest BCUT2D eigenvalue weighted by atomic mass is 32.2. The largest absolute Gasteiger partial charge is 0.474 e. The van der Waals surface area contributed by atoms with Gasteiger partial charge in [0, 0.05) is 37.7 Å². The number of ether oxygens (including phenoxy) is 2. The number of rotatable bonds is 7. The number of nitrogens with zero attached hydrogens (tertiary/aromatic N) is 3. The van der Waals surface area contributed by atoms with Crippen LogP contribution in [0.15, 0.2) is 53.7 Å². The number of piperidine rings is 1. The molecule has 3 atom stereocenters. The van der Waals surface area contributed by atoms with Gasteiger partial charge in [-0.25, -0.2) is 27.2 Å². The molecule has 5 rings (SSSR count). The maximum atomic E-state index is 14.6. The van der Waals surface area contributed by atoms with Gasteiger partial charge >= 0.3 is 0 Å². The summed E-state index contributed by atoms with van der Waals surface area (Å²) in [6.45, 7) is 3.69. The van der Waals surface area contributed by atoms with Crippen molar-refractivity contribution in [3.63, 3.8) is 0 Å². The molecule has 3 heterocycles. The first-order chi connectivity index (χ1) is 17.7. The van der Waals surface area contributed by atoms with Gasteiger partial charge in [0.1, 0.15) is 29.9 Å². The molecule has 2 aromatic carbocycles. The van der Waals surface area contributed by atoms with E-state index < -0.39 is 15.7 Å². The van der Waals surface area contributed by atoms with Crippen molar-refractivity contribution in [1.29, 1.82) is 0 Å². The standard InChI is InChI=1S/C26H28F2N4O4S/c1-16-25(31-24-8-7-22(11-23(24)28)37(2,33)34)29-15-30-26(16)36-21-9-19-13-35-14-20(10-21)32(19)12-17-3-5-18(27)6-4-17/h3-8,11,15,19-21H,9-10,12-14H2,1-2H3,(H,29,30,31)/t19-,20+,21-. The average molecular weight is 531 g/mol. The second-order valence-electron chi connectivity index (χ2n) is 9.55. The molecule has 1 aromatic heterocycles. The van der Waals surface area contributed by atoms with Gasteiger partial charge in [0.15, 0.2) is 9.84 Å². The second kappa shape index (κ2) is 10.3. The molecule has 0 radical (unpaired) electrons. The molecule has 2 saturated heterocycles. The van der Waals surface area contributed by atoms with Crippen LogP contribution in [0.2, 0.25) is 0 Å². The zero-order valence-corrected chi connectivity index (χ0v) is 21.3. The lowest BCUT2D eigenvalue weighted by Crippen LogP contribution is -2.58. The fraction of sp³-hybridized carbons (Fsp3) is 0.385. The summed E-state index contributed by atoms with van der Waals surface area (Å²) in [5.74, 6) is -0.179. The third kappa shape index (κ3) is 5.73. The minimum Gasteiger partial charge on any atom is -0.474 e. The minimum atomic E-state index is -3.52. The maximum absolute atomic E-state index is 14.6. The predicted octanol–water partition coefficient (Wildman–Crippen LogP) is 4.02. The maximum Gasteiger partial charge on any atom is 0.221 e. The molecule has 2 fully saturated rings. The number of sulfone groups is 1. The average Bonchev–Trinajstić information content (AvgIpc) is 2.84. The van der Waals surface area contributed by atoms with Crippen LogP contribution in [-0.2, 0) is 21.1 Å². The molecule has 0 saturated carbocycles. The Hall–Kier alpha value is -3.15. The molecule has 0 unspecified atom stereocenters. The number of benzene rings is 2. The second-order valence-corrected chi connectivity index (χ2v) is 11.6. The fourth-order valence-electron chi connectivity index (χ4n) is 4.89. The normalized spacial score (nSPS) is 22.0. The molecule has 11 heteroatoms. The van der Waals surface area contributed by atoms with E-state index in [1.165, 1.54) is 30.6 Å². The van der Waals surface area contributed by atoms with Crippen molar-refractivity contribution >= 4 is 21.3 Å². The van der Waals surface area contributed by atoms with Gasteiger partial charge in [0.05, 0.1) is 29.4 Å². The zero-order chi connectivity index (χ0) is 26.2. The van der Waals surface area contributed by atoms with Crippen LogP contribution in [-0.4, -0.2) is 60.9 Å². The van der Waals surface area contributed by atoms with Gasteiger partial charge in [-0.1, -0.05) is 12.1 Å². The van der Waals surface area contributed by atoms with Gasteiger partial charge in [-0.15, -0.1) is 0 Å². The van der Waals surface area contributed by atoms with Crippen molar-refractivity contribution in [1.82, 2.24) is 14.9 Å². The van der Waals surface area contributed by atoms with Gasteiger partial charge < -0.3 is 14.8 Å². The number of halogens is 2. The Morgan fingerprint density at radius 2 is 1.78 bits per heavy atom. The summed E-state index contributed by atoms with van der Waals surface area (Å²) < 4.78 is 63.4. The topological polar surface area (TPSA) is 93.7 Å². The van der Waals surface area contributed by atoms with Crippen molar-refractivity contribution in [2.24, 2.45) is 0 Å². The lowest BCUT2D eigenvalue weighted by molar-refractivity contribution is -0.104. The van der Waals surface area contributed by atoms with Crippen LogP contribution in [0, 0.1) is 18.6 Å². The van der Waals surface area contributed by atoms with Crippen LogP contribution < -0.4 is 10.1 Å². The van der Waals surface area contributed by atoms with E-state index in [4.69, 9.17) is 9.47 Å². The molecule has 2 aliphatic rings. The quantitative estimate of drug-likeness (QED) is 0.490. The molecular weight excluding hydrogens is 502 g/mol.